The monoisotopic (exact) mass is 373 g/mol. The van der Waals surface area contributed by atoms with Gasteiger partial charge in [0.2, 0.25) is 11.8 Å². The highest BCUT2D eigenvalue weighted by molar-refractivity contribution is 5.95. The van der Waals surface area contributed by atoms with Crippen LogP contribution in [0.15, 0.2) is 36.4 Å². The van der Waals surface area contributed by atoms with E-state index in [2.05, 4.69) is 29.4 Å². The third-order valence-electron chi connectivity index (χ3n) is 4.33. The summed E-state index contributed by atoms with van der Waals surface area (Å²) in [6, 6.07) is 8.95. The maximum atomic E-state index is 12.2. The number of nitrogens with zero attached hydrogens (tertiary/aromatic N) is 1. The predicted molar refractivity (Wildman–Crippen MR) is 107 cm³/mol. The Hall–Kier alpha value is -2.18. The summed E-state index contributed by atoms with van der Waals surface area (Å²) < 4.78 is 5.73. The van der Waals surface area contributed by atoms with Crippen LogP contribution in [-0.4, -0.2) is 61.6 Å². The summed E-state index contributed by atoms with van der Waals surface area (Å²) in [7, 11) is 0. The molecule has 2 atom stereocenters. The zero-order valence-corrected chi connectivity index (χ0v) is 16.5. The number of rotatable bonds is 8. The SMILES string of the molecule is CC(C)CN1CCOC(CNC(=O)C(C)NC(=O)/C=C/c2ccccc2)C1. The van der Waals surface area contributed by atoms with Gasteiger partial charge in [-0.2, -0.15) is 0 Å². The molecule has 2 rings (SSSR count). The van der Waals surface area contributed by atoms with E-state index < -0.39 is 6.04 Å². The molecule has 0 spiro atoms. The molecule has 1 saturated heterocycles. The minimum atomic E-state index is -0.603. The summed E-state index contributed by atoms with van der Waals surface area (Å²) in [6.07, 6.45) is 3.15. The molecule has 6 nitrogen and oxygen atoms in total. The fourth-order valence-corrected chi connectivity index (χ4v) is 3.02. The van der Waals surface area contributed by atoms with Gasteiger partial charge in [-0.15, -0.1) is 0 Å². The van der Waals surface area contributed by atoms with E-state index in [1.165, 1.54) is 6.08 Å². The van der Waals surface area contributed by atoms with E-state index in [1.54, 1.807) is 13.0 Å². The number of carbonyl (C=O) groups excluding carboxylic acids is 2. The zero-order valence-electron chi connectivity index (χ0n) is 16.5. The van der Waals surface area contributed by atoms with E-state index in [1.807, 2.05) is 30.3 Å². The summed E-state index contributed by atoms with van der Waals surface area (Å²) in [6.45, 7) is 10.00. The van der Waals surface area contributed by atoms with Crippen molar-refractivity contribution in [1.29, 1.82) is 0 Å². The first-order chi connectivity index (χ1) is 12.9. The summed E-state index contributed by atoms with van der Waals surface area (Å²) in [5.74, 6) is 0.108. The van der Waals surface area contributed by atoms with Crippen LogP contribution in [-0.2, 0) is 14.3 Å². The lowest BCUT2D eigenvalue weighted by Crippen LogP contribution is -2.51. The van der Waals surface area contributed by atoms with E-state index in [4.69, 9.17) is 4.74 Å². The number of hydrogen-bond acceptors (Lipinski definition) is 4. The van der Waals surface area contributed by atoms with Crippen LogP contribution in [0.2, 0.25) is 0 Å². The molecule has 2 unspecified atom stereocenters. The summed E-state index contributed by atoms with van der Waals surface area (Å²) in [4.78, 5) is 26.6. The van der Waals surface area contributed by atoms with Crippen molar-refractivity contribution >= 4 is 17.9 Å². The van der Waals surface area contributed by atoms with Crippen LogP contribution in [0.5, 0.6) is 0 Å². The highest BCUT2D eigenvalue weighted by Crippen LogP contribution is 2.07. The number of morpholine rings is 1. The van der Waals surface area contributed by atoms with Crippen LogP contribution in [0.4, 0.5) is 0 Å². The summed E-state index contributed by atoms with van der Waals surface area (Å²) in [5, 5.41) is 5.56. The second-order valence-electron chi connectivity index (χ2n) is 7.37. The largest absolute Gasteiger partial charge is 0.374 e. The third-order valence-corrected chi connectivity index (χ3v) is 4.33. The van der Waals surface area contributed by atoms with Crippen molar-refractivity contribution in [3.05, 3.63) is 42.0 Å². The lowest BCUT2D eigenvalue weighted by molar-refractivity contribution is -0.127. The molecule has 0 aromatic heterocycles. The molecule has 1 aromatic rings. The van der Waals surface area contributed by atoms with E-state index in [0.717, 1.165) is 25.2 Å². The first-order valence-corrected chi connectivity index (χ1v) is 9.59. The van der Waals surface area contributed by atoms with Crippen molar-refractivity contribution in [1.82, 2.24) is 15.5 Å². The molecule has 2 amide bonds. The second kappa shape index (κ2) is 10.8. The Morgan fingerprint density at radius 2 is 2.00 bits per heavy atom. The fraction of sp³-hybridized carbons (Fsp3) is 0.524. The number of hydrogen-bond donors (Lipinski definition) is 2. The molecule has 1 aliphatic heterocycles. The molecule has 0 aliphatic carbocycles. The Morgan fingerprint density at radius 1 is 1.26 bits per heavy atom. The first-order valence-electron chi connectivity index (χ1n) is 9.59. The highest BCUT2D eigenvalue weighted by Gasteiger charge is 2.22. The topological polar surface area (TPSA) is 70.7 Å². The van der Waals surface area contributed by atoms with Gasteiger partial charge in [-0.1, -0.05) is 44.2 Å². The standard InChI is InChI=1S/C21H31N3O3/c1-16(2)14-24-11-12-27-19(15-24)13-22-21(26)17(3)23-20(25)10-9-18-7-5-4-6-8-18/h4-10,16-17,19H,11-15H2,1-3H3,(H,22,26)(H,23,25)/b10-9+. The van der Waals surface area contributed by atoms with Crippen LogP contribution in [0.25, 0.3) is 6.08 Å². The van der Waals surface area contributed by atoms with Crippen molar-refractivity contribution in [2.45, 2.75) is 32.9 Å². The molecule has 6 heteroatoms. The van der Waals surface area contributed by atoms with Gasteiger partial charge in [-0.25, -0.2) is 0 Å². The number of amides is 2. The minimum Gasteiger partial charge on any atom is -0.374 e. The molecule has 1 aromatic carbocycles. The Morgan fingerprint density at radius 3 is 2.70 bits per heavy atom. The Balaban J connectivity index is 1.72. The summed E-state index contributed by atoms with van der Waals surface area (Å²) >= 11 is 0. The second-order valence-corrected chi connectivity index (χ2v) is 7.37. The van der Waals surface area contributed by atoms with Crippen molar-refractivity contribution in [3.8, 4) is 0 Å². The molecule has 0 radical (unpaired) electrons. The van der Waals surface area contributed by atoms with Gasteiger partial charge in [0, 0.05) is 32.3 Å². The minimum absolute atomic E-state index is 0.0117. The first kappa shape index (κ1) is 21.1. The molecule has 1 fully saturated rings. The van der Waals surface area contributed by atoms with Crippen LogP contribution in [0, 0.1) is 5.92 Å². The van der Waals surface area contributed by atoms with Gasteiger partial charge in [-0.05, 0) is 24.5 Å². The predicted octanol–water partition coefficient (Wildman–Crippen LogP) is 1.68. The van der Waals surface area contributed by atoms with Gasteiger partial charge in [-0.3, -0.25) is 14.5 Å². The smallest absolute Gasteiger partial charge is 0.244 e. The molecule has 1 aliphatic rings. The number of benzene rings is 1. The average molecular weight is 373 g/mol. The number of ether oxygens (including phenoxy) is 1. The van der Waals surface area contributed by atoms with Crippen LogP contribution < -0.4 is 10.6 Å². The maximum absolute atomic E-state index is 12.2. The van der Waals surface area contributed by atoms with E-state index in [0.29, 0.717) is 19.1 Å². The zero-order chi connectivity index (χ0) is 19.6. The number of nitrogens with one attached hydrogen (secondary N) is 2. The lowest BCUT2D eigenvalue weighted by atomic mass is 10.1. The van der Waals surface area contributed by atoms with Crippen LogP contribution in [0.3, 0.4) is 0 Å². The Labute approximate surface area is 162 Å². The molecule has 1 heterocycles. The fourth-order valence-electron chi connectivity index (χ4n) is 3.02. The van der Waals surface area contributed by atoms with Crippen LogP contribution in [0.1, 0.15) is 26.3 Å². The molecular formula is C21H31N3O3. The Kier molecular flexibility index (Phi) is 8.48. The van der Waals surface area contributed by atoms with E-state index >= 15 is 0 Å². The van der Waals surface area contributed by atoms with Gasteiger partial charge in [0.05, 0.1) is 12.7 Å². The van der Waals surface area contributed by atoms with Crippen molar-refractivity contribution < 1.29 is 14.3 Å². The average Bonchev–Trinajstić information content (AvgIpc) is 2.65. The van der Waals surface area contributed by atoms with Crippen molar-refractivity contribution in [2.75, 3.05) is 32.8 Å². The Bertz CT molecular complexity index is 631. The van der Waals surface area contributed by atoms with Gasteiger partial charge < -0.3 is 15.4 Å². The lowest BCUT2D eigenvalue weighted by Gasteiger charge is -2.34. The molecular weight excluding hydrogens is 342 g/mol. The van der Waals surface area contributed by atoms with Gasteiger partial charge in [0.15, 0.2) is 0 Å². The maximum Gasteiger partial charge on any atom is 0.244 e. The third kappa shape index (κ3) is 7.93. The molecule has 0 bridgehead atoms. The molecule has 148 valence electrons. The van der Waals surface area contributed by atoms with Gasteiger partial charge >= 0.3 is 0 Å². The van der Waals surface area contributed by atoms with Crippen molar-refractivity contribution in [3.63, 3.8) is 0 Å². The summed E-state index contributed by atoms with van der Waals surface area (Å²) in [5.41, 5.74) is 0.935. The van der Waals surface area contributed by atoms with E-state index in [9.17, 15) is 9.59 Å². The van der Waals surface area contributed by atoms with Crippen molar-refractivity contribution in [2.24, 2.45) is 5.92 Å². The molecule has 2 N–H and O–H groups in total. The molecule has 0 saturated carbocycles. The quantitative estimate of drug-likeness (QED) is 0.680. The van der Waals surface area contributed by atoms with E-state index in [-0.39, 0.29) is 17.9 Å². The van der Waals surface area contributed by atoms with Gasteiger partial charge in [0.1, 0.15) is 6.04 Å². The highest BCUT2D eigenvalue weighted by atomic mass is 16.5. The van der Waals surface area contributed by atoms with Crippen LogP contribution >= 0.6 is 0 Å². The number of carbonyl (C=O) groups is 2. The van der Waals surface area contributed by atoms with Gasteiger partial charge in [0.25, 0.3) is 0 Å². The normalized spacial score (nSPS) is 19.2. The molecule has 27 heavy (non-hydrogen) atoms.